The molecule has 1 heterocycles. The number of piperidine rings is 1. The standard InChI is InChI=1S/C20H23F3N2O2/c21-20(22,23)27-17-8-6-16(7-9-17)18(15-4-2-1-3-5-15)25-14-19(26)10-12-24-13-11-19/h1-9,18,24-26H,10-14H2. The molecule has 0 spiro atoms. The predicted octanol–water partition coefficient (Wildman–Crippen LogP) is 3.38. The summed E-state index contributed by atoms with van der Waals surface area (Å²) in [6.45, 7) is 1.92. The molecule has 1 atom stereocenters. The third-order valence-corrected chi connectivity index (χ3v) is 4.75. The van der Waals surface area contributed by atoms with Gasteiger partial charge >= 0.3 is 6.36 Å². The molecule has 7 heteroatoms. The number of halogens is 3. The number of hydrogen-bond acceptors (Lipinski definition) is 4. The molecule has 0 bridgehead atoms. The van der Waals surface area contributed by atoms with Crippen LogP contribution in [0.4, 0.5) is 13.2 Å². The molecular weight excluding hydrogens is 357 g/mol. The van der Waals surface area contributed by atoms with Gasteiger partial charge in [0.15, 0.2) is 0 Å². The maximum Gasteiger partial charge on any atom is 0.573 e. The zero-order valence-corrected chi connectivity index (χ0v) is 14.8. The van der Waals surface area contributed by atoms with Crippen molar-refractivity contribution >= 4 is 0 Å². The van der Waals surface area contributed by atoms with Gasteiger partial charge in [-0.25, -0.2) is 0 Å². The van der Waals surface area contributed by atoms with Gasteiger partial charge < -0.3 is 20.5 Å². The summed E-state index contributed by atoms with van der Waals surface area (Å²) in [4.78, 5) is 0. The fraction of sp³-hybridized carbons (Fsp3) is 0.400. The highest BCUT2D eigenvalue weighted by Gasteiger charge is 2.32. The first-order valence-corrected chi connectivity index (χ1v) is 8.92. The first-order valence-electron chi connectivity index (χ1n) is 8.92. The fourth-order valence-electron chi connectivity index (χ4n) is 3.30. The van der Waals surface area contributed by atoms with E-state index >= 15 is 0 Å². The molecule has 1 aliphatic rings. The van der Waals surface area contributed by atoms with Crippen molar-refractivity contribution in [2.45, 2.75) is 30.8 Å². The van der Waals surface area contributed by atoms with E-state index in [1.807, 2.05) is 30.3 Å². The average Bonchev–Trinajstić information content (AvgIpc) is 2.63. The van der Waals surface area contributed by atoms with Crippen LogP contribution in [0, 0.1) is 0 Å². The molecule has 3 N–H and O–H groups in total. The summed E-state index contributed by atoms with van der Waals surface area (Å²) in [5.74, 6) is -0.255. The fourth-order valence-corrected chi connectivity index (χ4v) is 3.30. The maximum absolute atomic E-state index is 12.4. The van der Waals surface area contributed by atoms with Gasteiger partial charge in [-0.2, -0.15) is 0 Å². The topological polar surface area (TPSA) is 53.5 Å². The molecule has 0 amide bonds. The molecule has 27 heavy (non-hydrogen) atoms. The van der Waals surface area contributed by atoms with Gasteiger partial charge in [-0.1, -0.05) is 42.5 Å². The number of aliphatic hydroxyl groups is 1. The van der Waals surface area contributed by atoms with Gasteiger partial charge in [0.05, 0.1) is 11.6 Å². The van der Waals surface area contributed by atoms with E-state index in [1.165, 1.54) is 12.1 Å². The summed E-state index contributed by atoms with van der Waals surface area (Å²) < 4.78 is 41.0. The average molecular weight is 380 g/mol. The molecule has 2 aromatic rings. The van der Waals surface area contributed by atoms with Crippen molar-refractivity contribution in [1.29, 1.82) is 0 Å². The van der Waals surface area contributed by atoms with E-state index in [-0.39, 0.29) is 11.8 Å². The Morgan fingerprint density at radius 3 is 2.19 bits per heavy atom. The minimum Gasteiger partial charge on any atom is -0.406 e. The van der Waals surface area contributed by atoms with E-state index in [0.29, 0.717) is 19.4 Å². The van der Waals surface area contributed by atoms with Crippen molar-refractivity contribution < 1.29 is 23.0 Å². The summed E-state index contributed by atoms with van der Waals surface area (Å²) in [7, 11) is 0. The molecule has 0 saturated carbocycles. The summed E-state index contributed by atoms with van der Waals surface area (Å²) >= 11 is 0. The molecule has 3 rings (SSSR count). The number of nitrogens with one attached hydrogen (secondary N) is 2. The van der Waals surface area contributed by atoms with Gasteiger partial charge in [0.2, 0.25) is 0 Å². The molecule has 146 valence electrons. The van der Waals surface area contributed by atoms with Crippen LogP contribution < -0.4 is 15.4 Å². The van der Waals surface area contributed by atoms with E-state index in [4.69, 9.17) is 0 Å². The second-order valence-electron chi connectivity index (χ2n) is 6.82. The molecule has 0 aromatic heterocycles. The first kappa shape index (κ1) is 19.7. The molecule has 2 aromatic carbocycles. The van der Waals surface area contributed by atoms with Gasteiger partial charge in [-0.05, 0) is 49.2 Å². The third-order valence-electron chi connectivity index (χ3n) is 4.75. The Kier molecular flexibility index (Phi) is 6.04. The summed E-state index contributed by atoms with van der Waals surface area (Å²) in [6.07, 6.45) is -3.41. The van der Waals surface area contributed by atoms with Gasteiger partial charge in [0.25, 0.3) is 0 Å². The van der Waals surface area contributed by atoms with Crippen molar-refractivity contribution in [3.8, 4) is 5.75 Å². The summed E-state index contributed by atoms with van der Waals surface area (Å²) in [5, 5.41) is 17.3. The minimum absolute atomic E-state index is 0.245. The highest BCUT2D eigenvalue weighted by molar-refractivity contribution is 5.35. The van der Waals surface area contributed by atoms with Crippen LogP contribution in [-0.4, -0.2) is 36.7 Å². The lowest BCUT2D eigenvalue weighted by atomic mass is 9.91. The normalized spacial score (nSPS) is 18.1. The first-order chi connectivity index (χ1) is 12.8. The number of rotatable bonds is 6. The number of hydrogen-bond donors (Lipinski definition) is 3. The highest BCUT2D eigenvalue weighted by atomic mass is 19.4. The van der Waals surface area contributed by atoms with Crippen LogP contribution >= 0.6 is 0 Å². The molecule has 0 radical (unpaired) electrons. The van der Waals surface area contributed by atoms with Crippen molar-refractivity contribution in [2.75, 3.05) is 19.6 Å². The van der Waals surface area contributed by atoms with Crippen LogP contribution in [0.25, 0.3) is 0 Å². The number of benzene rings is 2. The number of ether oxygens (including phenoxy) is 1. The monoisotopic (exact) mass is 380 g/mol. The lowest BCUT2D eigenvalue weighted by Crippen LogP contribution is -2.49. The largest absolute Gasteiger partial charge is 0.573 e. The molecule has 1 fully saturated rings. The number of alkyl halides is 3. The summed E-state index contributed by atoms with van der Waals surface area (Å²) in [6, 6.07) is 15.2. The van der Waals surface area contributed by atoms with E-state index in [1.54, 1.807) is 12.1 Å². The lowest BCUT2D eigenvalue weighted by Gasteiger charge is -2.34. The third kappa shape index (κ3) is 5.69. The Morgan fingerprint density at radius 1 is 1.00 bits per heavy atom. The van der Waals surface area contributed by atoms with Crippen LogP contribution in [-0.2, 0) is 0 Å². The molecule has 1 aliphatic heterocycles. The second kappa shape index (κ2) is 8.29. The zero-order valence-electron chi connectivity index (χ0n) is 14.8. The van der Waals surface area contributed by atoms with Crippen LogP contribution in [0.3, 0.4) is 0 Å². The highest BCUT2D eigenvalue weighted by Crippen LogP contribution is 2.28. The Labute approximate surface area is 156 Å². The SMILES string of the molecule is OC1(CNC(c2ccccc2)c2ccc(OC(F)(F)F)cc2)CCNCC1. The molecule has 1 saturated heterocycles. The van der Waals surface area contributed by atoms with Crippen LogP contribution in [0.1, 0.15) is 30.0 Å². The smallest absolute Gasteiger partial charge is 0.406 e. The molecule has 0 aliphatic carbocycles. The zero-order chi connectivity index (χ0) is 19.3. The minimum atomic E-state index is -4.71. The predicted molar refractivity (Wildman–Crippen MR) is 96.5 cm³/mol. The molecule has 1 unspecified atom stereocenters. The van der Waals surface area contributed by atoms with E-state index in [0.717, 1.165) is 24.2 Å². The van der Waals surface area contributed by atoms with Crippen molar-refractivity contribution in [3.63, 3.8) is 0 Å². The van der Waals surface area contributed by atoms with E-state index in [2.05, 4.69) is 15.4 Å². The van der Waals surface area contributed by atoms with E-state index in [9.17, 15) is 18.3 Å². The second-order valence-corrected chi connectivity index (χ2v) is 6.82. The van der Waals surface area contributed by atoms with Crippen molar-refractivity contribution in [1.82, 2.24) is 10.6 Å². The maximum atomic E-state index is 12.4. The van der Waals surface area contributed by atoms with Gasteiger partial charge in [-0.3, -0.25) is 0 Å². The van der Waals surface area contributed by atoms with Gasteiger partial charge in [0, 0.05) is 6.54 Å². The quantitative estimate of drug-likeness (QED) is 0.719. The van der Waals surface area contributed by atoms with Crippen LogP contribution in [0.5, 0.6) is 5.75 Å². The van der Waals surface area contributed by atoms with Crippen molar-refractivity contribution in [3.05, 3.63) is 65.7 Å². The Hall–Kier alpha value is -2.09. The molecule has 4 nitrogen and oxygen atoms in total. The van der Waals surface area contributed by atoms with Gasteiger partial charge in [-0.15, -0.1) is 13.2 Å². The van der Waals surface area contributed by atoms with Crippen LogP contribution in [0.15, 0.2) is 54.6 Å². The van der Waals surface area contributed by atoms with E-state index < -0.39 is 12.0 Å². The lowest BCUT2D eigenvalue weighted by molar-refractivity contribution is -0.274. The van der Waals surface area contributed by atoms with Crippen molar-refractivity contribution in [2.24, 2.45) is 0 Å². The Balaban J connectivity index is 1.78. The Morgan fingerprint density at radius 2 is 1.59 bits per heavy atom. The summed E-state index contributed by atoms with van der Waals surface area (Å²) in [5.41, 5.74) is 0.977. The molecular formula is C20H23F3N2O2. The van der Waals surface area contributed by atoms with Gasteiger partial charge in [0.1, 0.15) is 5.75 Å². The van der Waals surface area contributed by atoms with Crippen LogP contribution in [0.2, 0.25) is 0 Å². The Bertz CT molecular complexity index is 714.